The molecular formula is C16H17F3N2O3S. The molecule has 0 spiro atoms. The van der Waals surface area contributed by atoms with Crippen molar-refractivity contribution in [1.82, 2.24) is 10.6 Å². The molecule has 1 aromatic carbocycles. The highest BCUT2D eigenvalue weighted by Crippen LogP contribution is 2.35. The molecule has 1 aliphatic rings. The van der Waals surface area contributed by atoms with E-state index in [4.69, 9.17) is 4.74 Å². The molecule has 1 fully saturated rings. The predicted molar refractivity (Wildman–Crippen MR) is 87.8 cm³/mol. The minimum atomic E-state index is -4.53. The molecule has 0 aromatic heterocycles. The summed E-state index contributed by atoms with van der Waals surface area (Å²) in [6.07, 6.45) is -2.68. The lowest BCUT2D eigenvalue weighted by atomic mass is 9.88. The van der Waals surface area contributed by atoms with Crippen molar-refractivity contribution in [3.63, 3.8) is 0 Å². The monoisotopic (exact) mass is 374 g/mol. The van der Waals surface area contributed by atoms with Crippen LogP contribution in [0.3, 0.4) is 0 Å². The summed E-state index contributed by atoms with van der Waals surface area (Å²) in [5.74, 6) is -1.10. The highest BCUT2D eigenvalue weighted by molar-refractivity contribution is 7.98. The summed E-state index contributed by atoms with van der Waals surface area (Å²) in [4.78, 5) is 24.1. The van der Waals surface area contributed by atoms with Crippen molar-refractivity contribution in [2.75, 3.05) is 18.6 Å². The quantitative estimate of drug-likeness (QED) is 0.614. The number of carbonyl (C=O) groups is 2. The minimum absolute atomic E-state index is 0.0836. The lowest BCUT2D eigenvalue weighted by Crippen LogP contribution is -2.51. The van der Waals surface area contributed by atoms with Crippen molar-refractivity contribution in [2.45, 2.75) is 12.2 Å². The Morgan fingerprint density at radius 1 is 1.40 bits per heavy atom. The maximum atomic E-state index is 12.9. The van der Waals surface area contributed by atoms with Crippen LogP contribution in [0.25, 0.3) is 0 Å². The first-order chi connectivity index (χ1) is 11.7. The molecule has 2 amide bonds. The Labute approximate surface area is 147 Å². The first kappa shape index (κ1) is 19.2. The Kier molecular flexibility index (Phi) is 5.99. The first-order valence-electron chi connectivity index (χ1n) is 7.33. The zero-order valence-electron chi connectivity index (χ0n) is 13.4. The van der Waals surface area contributed by atoms with Gasteiger partial charge in [-0.05, 0) is 24.0 Å². The van der Waals surface area contributed by atoms with Crippen LogP contribution >= 0.6 is 11.8 Å². The third-order valence-corrected chi connectivity index (χ3v) is 4.20. The maximum Gasteiger partial charge on any atom is 0.416 e. The van der Waals surface area contributed by atoms with Gasteiger partial charge in [0, 0.05) is 11.4 Å². The molecule has 25 heavy (non-hydrogen) atoms. The number of esters is 1. The minimum Gasteiger partial charge on any atom is -0.464 e. The maximum absolute atomic E-state index is 12.9. The van der Waals surface area contributed by atoms with Gasteiger partial charge in [0.05, 0.1) is 11.6 Å². The number of halogens is 3. The highest BCUT2D eigenvalue weighted by Gasteiger charge is 2.40. The molecule has 2 atom stereocenters. The van der Waals surface area contributed by atoms with Gasteiger partial charge < -0.3 is 15.4 Å². The SMILES string of the molecule is C=C1NC(=O)N[C@H](c2cccc(C(F)(F)F)c2)[C@H]1C(=O)OCCSC. The largest absolute Gasteiger partial charge is 0.464 e. The van der Waals surface area contributed by atoms with Crippen molar-refractivity contribution in [1.29, 1.82) is 0 Å². The number of hydrogen-bond donors (Lipinski definition) is 2. The van der Waals surface area contributed by atoms with Crippen LogP contribution in [0.15, 0.2) is 36.5 Å². The van der Waals surface area contributed by atoms with E-state index >= 15 is 0 Å². The highest BCUT2D eigenvalue weighted by atomic mass is 32.2. The van der Waals surface area contributed by atoms with Crippen molar-refractivity contribution < 1.29 is 27.5 Å². The van der Waals surface area contributed by atoms with Crippen LogP contribution in [0.1, 0.15) is 17.2 Å². The fourth-order valence-corrected chi connectivity index (χ4v) is 2.71. The van der Waals surface area contributed by atoms with Crippen LogP contribution in [0.5, 0.6) is 0 Å². The van der Waals surface area contributed by atoms with Gasteiger partial charge in [-0.3, -0.25) is 4.79 Å². The third-order valence-electron chi connectivity index (χ3n) is 3.63. The number of rotatable bonds is 5. The zero-order chi connectivity index (χ0) is 18.6. The fourth-order valence-electron chi connectivity index (χ4n) is 2.46. The Balaban J connectivity index is 2.32. The van der Waals surface area contributed by atoms with Crippen LogP contribution < -0.4 is 10.6 Å². The number of carbonyl (C=O) groups excluding carboxylic acids is 2. The summed E-state index contributed by atoms with van der Waals surface area (Å²) in [5, 5.41) is 4.85. The molecule has 0 bridgehead atoms. The Morgan fingerprint density at radius 2 is 2.12 bits per heavy atom. The Morgan fingerprint density at radius 3 is 2.76 bits per heavy atom. The molecular weight excluding hydrogens is 357 g/mol. The van der Waals surface area contributed by atoms with E-state index in [-0.39, 0.29) is 17.9 Å². The van der Waals surface area contributed by atoms with Gasteiger partial charge in [0.15, 0.2) is 0 Å². The average Bonchev–Trinajstić information content (AvgIpc) is 2.53. The van der Waals surface area contributed by atoms with Crippen molar-refractivity contribution in [3.8, 4) is 0 Å². The number of amides is 2. The molecule has 136 valence electrons. The van der Waals surface area contributed by atoms with Gasteiger partial charge >= 0.3 is 18.2 Å². The van der Waals surface area contributed by atoms with Gasteiger partial charge in [0.2, 0.25) is 0 Å². The molecule has 2 rings (SSSR count). The van der Waals surface area contributed by atoms with Gasteiger partial charge in [-0.2, -0.15) is 24.9 Å². The number of ether oxygens (including phenoxy) is 1. The van der Waals surface area contributed by atoms with Crippen LogP contribution in [0.4, 0.5) is 18.0 Å². The third kappa shape index (κ3) is 4.68. The average molecular weight is 374 g/mol. The van der Waals surface area contributed by atoms with Crippen LogP contribution in [-0.4, -0.2) is 30.6 Å². The summed E-state index contributed by atoms with van der Waals surface area (Å²) >= 11 is 1.48. The number of nitrogens with one attached hydrogen (secondary N) is 2. The van der Waals surface area contributed by atoms with Gasteiger partial charge in [0.25, 0.3) is 0 Å². The second-order valence-electron chi connectivity index (χ2n) is 5.36. The van der Waals surface area contributed by atoms with Gasteiger partial charge in [-0.1, -0.05) is 18.7 Å². The first-order valence-corrected chi connectivity index (χ1v) is 8.72. The summed E-state index contributed by atoms with van der Waals surface area (Å²) in [7, 11) is 0. The summed E-state index contributed by atoms with van der Waals surface area (Å²) in [5.41, 5.74) is -0.629. The molecule has 0 unspecified atom stereocenters. The normalized spacial score (nSPS) is 20.6. The van der Waals surface area contributed by atoms with Crippen LogP contribution in [0.2, 0.25) is 0 Å². The van der Waals surface area contributed by atoms with E-state index in [9.17, 15) is 22.8 Å². The number of benzene rings is 1. The predicted octanol–water partition coefficient (Wildman–Crippen LogP) is 3.10. The van der Waals surface area contributed by atoms with Gasteiger partial charge in [0.1, 0.15) is 12.5 Å². The molecule has 0 radical (unpaired) electrons. The Hall–Kier alpha value is -2.16. The molecule has 9 heteroatoms. The van der Waals surface area contributed by atoms with E-state index in [0.717, 1.165) is 12.1 Å². The zero-order valence-corrected chi connectivity index (χ0v) is 14.2. The molecule has 1 heterocycles. The number of urea groups is 1. The molecule has 0 aliphatic carbocycles. The molecule has 2 N–H and O–H groups in total. The number of hydrogen-bond acceptors (Lipinski definition) is 4. The second kappa shape index (κ2) is 7.81. The van der Waals surface area contributed by atoms with E-state index in [0.29, 0.717) is 5.75 Å². The number of alkyl halides is 3. The van der Waals surface area contributed by atoms with E-state index in [1.54, 1.807) is 0 Å². The summed E-state index contributed by atoms with van der Waals surface area (Å²) in [6.45, 7) is 3.80. The second-order valence-corrected chi connectivity index (χ2v) is 6.35. The van der Waals surface area contributed by atoms with Crippen LogP contribution in [-0.2, 0) is 15.7 Å². The Bertz CT molecular complexity index is 679. The van der Waals surface area contributed by atoms with Crippen LogP contribution in [0, 0.1) is 5.92 Å². The molecule has 1 saturated heterocycles. The molecule has 5 nitrogen and oxygen atoms in total. The van der Waals surface area contributed by atoms with E-state index in [1.807, 2.05) is 6.26 Å². The lowest BCUT2D eigenvalue weighted by molar-refractivity contribution is -0.147. The van der Waals surface area contributed by atoms with E-state index in [2.05, 4.69) is 17.2 Å². The molecule has 1 aliphatic heterocycles. The van der Waals surface area contributed by atoms with Crippen molar-refractivity contribution in [3.05, 3.63) is 47.7 Å². The standard InChI is InChI=1S/C16H17F3N2O3S/c1-9-12(14(22)24-6-7-25-2)13(21-15(23)20-9)10-4-3-5-11(8-10)16(17,18)19/h3-5,8,12-13H,1,6-7H2,2H3,(H2,20,21,23)/t12-,13+/m0/s1. The van der Waals surface area contributed by atoms with Gasteiger partial charge in [-0.15, -0.1) is 0 Å². The smallest absolute Gasteiger partial charge is 0.416 e. The molecule has 1 aromatic rings. The van der Waals surface area contributed by atoms with Gasteiger partial charge in [-0.25, -0.2) is 4.79 Å². The van der Waals surface area contributed by atoms with E-state index < -0.39 is 35.7 Å². The van der Waals surface area contributed by atoms with Crippen molar-refractivity contribution >= 4 is 23.8 Å². The van der Waals surface area contributed by atoms with E-state index in [1.165, 1.54) is 23.9 Å². The summed E-state index contributed by atoms with van der Waals surface area (Å²) < 4.78 is 44.0. The topological polar surface area (TPSA) is 67.4 Å². The van der Waals surface area contributed by atoms with Crippen molar-refractivity contribution in [2.24, 2.45) is 5.92 Å². The summed E-state index contributed by atoms with van der Waals surface area (Å²) in [6, 6.07) is 2.84. The fraction of sp³-hybridized carbons (Fsp3) is 0.375. The lowest BCUT2D eigenvalue weighted by Gasteiger charge is -2.33. The number of thioether (sulfide) groups is 1. The molecule has 0 saturated carbocycles.